The summed E-state index contributed by atoms with van der Waals surface area (Å²) in [6, 6.07) is 10.1. The van der Waals surface area contributed by atoms with Gasteiger partial charge in [0.1, 0.15) is 5.82 Å². The molecule has 0 amide bonds. The molecule has 0 aliphatic rings. The van der Waals surface area contributed by atoms with E-state index in [0.29, 0.717) is 26.1 Å². The van der Waals surface area contributed by atoms with Crippen molar-refractivity contribution >= 4 is 37.5 Å². The second-order valence-electron chi connectivity index (χ2n) is 4.22. The lowest BCUT2D eigenvalue weighted by Crippen LogP contribution is -2.01. The van der Waals surface area contributed by atoms with E-state index in [4.69, 9.17) is 5.73 Å². The topological polar surface area (TPSA) is 69.6 Å². The lowest BCUT2D eigenvalue weighted by molar-refractivity contribution is 0.618. The van der Waals surface area contributed by atoms with Crippen molar-refractivity contribution in [2.45, 2.75) is 0 Å². The summed E-state index contributed by atoms with van der Waals surface area (Å²) in [6.45, 7) is 0. The Labute approximate surface area is 136 Å². The Kier molecular flexibility index (Phi) is 3.73. The molecule has 5 nitrogen and oxygen atoms in total. The molecule has 0 spiro atoms. The van der Waals surface area contributed by atoms with Crippen LogP contribution in [-0.4, -0.2) is 20.2 Å². The monoisotopic (exact) mass is 411 g/mol. The highest BCUT2D eigenvalue weighted by atomic mass is 79.9. The highest BCUT2D eigenvalue weighted by Crippen LogP contribution is 2.32. The largest absolute Gasteiger partial charge is 0.398 e. The fourth-order valence-corrected chi connectivity index (χ4v) is 2.56. The molecule has 0 fully saturated rings. The van der Waals surface area contributed by atoms with Crippen LogP contribution in [0.3, 0.4) is 0 Å². The molecule has 106 valence electrons. The van der Waals surface area contributed by atoms with Crippen molar-refractivity contribution < 1.29 is 4.39 Å². The smallest absolute Gasteiger partial charge is 0.188 e. The Morgan fingerprint density at radius 1 is 1.14 bits per heavy atom. The molecule has 0 saturated carbocycles. The zero-order chi connectivity index (χ0) is 15.0. The molecule has 3 aromatic rings. The van der Waals surface area contributed by atoms with Gasteiger partial charge >= 0.3 is 0 Å². The van der Waals surface area contributed by atoms with Crippen molar-refractivity contribution in [2.24, 2.45) is 0 Å². The first-order chi connectivity index (χ1) is 10.1. The summed E-state index contributed by atoms with van der Waals surface area (Å²) in [7, 11) is 0. The zero-order valence-corrected chi connectivity index (χ0v) is 13.6. The average Bonchev–Trinajstić information content (AvgIpc) is 2.94. The van der Waals surface area contributed by atoms with E-state index in [-0.39, 0.29) is 5.82 Å². The summed E-state index contributed by atoms with van der Waals surface area (Å²) in [5.41, 5.74) is 7.69. The second-order valence-corrected chi connectivity index (χ2v) is 5.87. The standard InChI is InChI=1S/C13H8Br2FN5/c14-9-5-4-7(6-10(9)16)21-13(18-19-20-21)8-2-1-3-11(17)12(8)15/h1-6H,17H2. The average molecular weight is 413 g/mol. The SMILES string of the molecule is Nc1cccc(-c2nnnn2-c2ccc(Br)c(F)c2)c1Br. The number of hydrogen-bond donors (Lipinski definition) is 1. The lowest BCUT2D eigenvalue weighted by atomic mass is 10.2. The van der Waals surface area contributed by atoms with Gasteiger partial charge in [-0.3, -0.25) is 0 Å². The maximum absolute atomic E-state index is 13.7. The predicted molar refractivity (Wildman–Crippen MR) is 84.4 cm³/mol. The Morgan fingerprint density at radius 3 is 2.71 bits per heavy atom. The molecule has 1 heterocycles. The summed E-state index contributed by atoms with van der Waals surface area (Å²) in [4.78, 5) is 0. The number of nitrogen functional groups attached to an aromatic ring is 1. The highest BCUT2D eigenvalue weighted by Gasteiger charge is 2.15. The van der Waals surface area contributed by atoms with Crippen LogP contribution in [0.25, 0.3) is 17.1 Å². The first-order valence-electron chi connectivity index (χ1n) is 5.86. The molecule has 1 aromatic heterocycles. The van der Waals surface area contributed by atoms with Gasteiger partial charge in [0.25, 0.3) is 0 Å². The fraction of sp³-hybridized carbons (Fsp3) is 0. The predicted octanol–water partition coefficient (Wildman–Crippen LogP) is 3.58. The van der Waals surface area contributed by atoms with Crippen molar-refractivity contribution in [2.75, 3.05) is 5.73 Å². The van der Waals surface area contributed by atoms with Gasteiger partial charge in [0.05, 0.1) is 14.6 Å². The third kappa shape index (κ3) is 2.56. The summed E-state index contributed by atoms with van der Waals surface area (Å²) < 4.78 is 16.2. The molecule has 0 unspecified atom stereocenters. The van der Waals surface area contributed by atoms with Crippen LogP contribution >= 0.6 is 31.9 Å². The van der Waals surface area contributed by atoms with E-state index in [9.17, 15) is 4.39 Å². The van der Waals surface area contributed by atoms with E-state index >= 15 is 0 Å². The normalized spacial score (nSPS) is 10.8. The maximum atomic E-state index is 13.7. The minimum atomic E-state index is -0.388. The number of tetrazole rings is 1. The fourth-order valence-electron chi connectivity index (χ4n) is 1.87. The Morgan fingerprint density at radius 2 is 1.95 bits per heavy atom. The van der Waals surface area contributed by atoms with E-state index in [1.807, 2.05) is 6.07 Å². The van der Waals surface area contributed by atoms with E-state index < -0.39 is 0 Å². The number of hydrogen-bond acceptors (Lipinski definition) is 4. The summed E-state index contributed by atoms with van der Waals surface area (Å²) in [5.74, 6) is 0.0801. The van der Waals surface area contributed by atoms with Crippen LogP contribution in [0, 0.1) is 5.82 Å². The number of nitrogens with two attached hydrogens (primary N) is 1. The van der Waals surface area contributed by atoms with Crippen molar-refractivity contribution in [3.63, 3.8) is 0 Å². The number of anilines is 1. The molecule has 0 saturated heterocycles. The van der Waals surface area contributed by atoms with E-state index in [2.05, 4.69) is 47.4 Å². The van der Waals surface area contributed by atoms with Crippen LogP contribution in [0.2, 0.25) is 0 Å². The quantitative estimate of drug-likeness (QED) is 0.653. The van der Waals surface area contributed by atoms with Crippen molar-refractivity contribution in [1.82, 2.24) is 20.2 Å². The van der Waals surface area contributed by atoms with Gasteiger partial charge in [-0.1, -0.05) is 6.07 Å². The molecule has 2 aromatic carbocycles. The molecule has 2 N–H and O–H groups in total. The number of benzene rings is 2. The number of halogens is 3. The van der Waals surface area contributed by atoms with Gasteiger partial charge in [0.15, 0.2) is 5.82 Å². The number of rotatable bonds is 2. The maximum Gasteiger partial charge on any atom is 0.188 e. The molecule has 0 atom stereocenters. The van der Waals surface area contributed by atoms with E-state index in [0.717, 1.165) is 5.56 Å². The van der Waals surface area contributed by atoms with Gasteiger partial charge in [0.2, 0.25) is 0 Å². The molecular formula is C13H8Br2FN5. The number of aromatic nitrogens is 4. The second kappa shape index (κ2) is 5.53. The molecule has 0 radical (unpaired) electrons. The van der Waals surface area contributed by atoms with Crippen LogP contribution < -0.4 is 5.73 Å². The molecule has 0 bridgehead atoms. The van der Waals surface area contributed by atoms with Gasteiger partial charge in [-0.15, -0.1) is 5.10 Å². The van der Waals surface area contributed by atoms with Crippen LogP contribution in [0.4, 0.5) is 10.1 Å². The van der Waals surface area contributed by atoms with Crippen LogP contribution in [0.5, 0.6) is 0 Å². The summed E-state index contributed by atoms with van der Waals surface area (Å²) >= 11 is 6.54. The highest BCUT2D eigenvalue weighted by molar-refractivity contribution is 9.11. The third-order valence-corrected chi connectivity index (χ3v) is 4.41. The van der Waals surface area contributed by atoms with Crippen molar-refractivity contribution in [1.29, 1.82) is 0 Å². The van der Waals surface area contributed by atoms with Gasteiger partial charge in [-0.2, -0.15) is 4.68 Å². The molecule has 8 heteroatoms. The Hall–Kier alpha value is -1.80. The minimum absolute atomic E-state index is 0.381. The molecule has 3 rings (SSSR count). The summed E-state index contributed by atoms with van der Waals surface area (Å²) in [5, 5.41) is 11.6. The third-order valence-electron chi connectivity index (χ3n) is 2.89. The van der Waals surface area contributed by atoms with Gasteiger partial charge in [-0.25, -0.2) is 4.39 Å². The Balaban J connectivity index is 2.17. The zero-order valence-electron chi connectivity index (χ0n) is 10.5. The first-order valence-corrected chi connectivity index (χ1v) is 7.44. The van der Waals surface area contributed by atoms with Gasteiger partial charge in [0, 0.05) is 17.3 Å². The first kappa shape index (κ1) is 14.2. The van der Waals surface area contributed by atoms with Gasteiger partial charge in [-0.05, 0) is 66.6 Å². The molecular weight excluding hydrogens is 405 g/mol. The lowest BCUT2D eigenvalue weighted by Gasteiger charge is -2.08. The van der Waals surface area contributed by atoms with Gasteiger partial charge < -0.3 is 5.73 Å². The van der Waals surface area contributed by atoms with Crippen molar-refractivity contribution in [3.05, 3.63) is 51.2 Å². The molecule has 0 aliphatic heterocycles. The van der Waals surface area contributed by atoms with Crippen LogP contribution in [0.15, 0.2) is 45.3 Å². The minimum Gasteiger partial charge on any atom is -0.398 e. The molecule has 0 aliphatic carbocycles. The van der Waals surface area contributed by atoms with Crippen LogP contribution in [-0.2, 0) is 0 Å². The summed E-state index contributed by atoms with van der Waals surface area (Å²) in [6.07, 6.45) is 0. The van der Waals surface area contributed by atoms with E-state index in [1.165, 1.54) is 10.7 Å². The van der Waals surface area contributed by atoms with Crippen LogP contribution in [0.1, 0.15) is 0 Å². The Bertz CT molecular complexity index is 818. The molecule has 21 heavy (non-hydrogen) atoms. The van der Waals surface area contributed by atoms with Crippen molar-refractivity contribution in [3.8, 4) is 17.1 Å². The number of nitrogens with zero attached hydrogens (tertiary/aromatic N) is 4. The van der Waals surface area contributed by atoms with E-state index in [1.54, 1.807) is 24.3 Å².